The van der Waals surface area contributed by atoms with Gasteiger partial charge in [-0.3, -0.25) is 14.9 Å². The van der Waals surface area contributed by atoms with Crippen LogP contribution in [0.2, 0.25) is 0 Å². The standard InChI is InChI=1S/C15H17N3O3S2/c1-9-14(22-8-12(16)19)23-15(17-9)18-13(20)11-5-3-10(4-6-11)7-21-2/h3-6H,7-8H2,1-2H3,(H2,16,19)(H,17,18,20). The predicted molar refractivity (Wildman–Crippen MR) is 91.9 cm³/mol. The van der Waals surface area contributed by atoms with Gasteiger partial charge in [0.15, 0.2) is 5.13 Å². The lowest BCUT2D eigenvalue weighted by atomic mass is 10.1. The number of carbonyl (C=O) groups excluding carboxylic acids is 2. The van der Waals surface area contributed by atoms with Crippen molar-refractivity contribution in [3.8, 4) is 0 Å². The van der Waals surface area contributed by atoms with E-state index in [0.29, 0.717) is 17.3 Å². The van der Waals surface area contributed by atoms with E-state index < -0.39 is 0 Å². The summed E-state index contributed by atoms with van der Waals surface area (Å²) in [5.41, 5.74) is 7.45. The van der Waals surface area contributed by atoms with Gasteiger partial charge in [0.2, 0.25) is 5.91 Å². The van der Waals surface area contributed by atoms with Crippen LogP contribution in [0.1, 0.15) is 21.6 Å². The smallest absolute Gasteiger partial charge is 0.257 e. The Morgan fingerprint density at radius 3 is 2.65 bits per heavy atom. The number of benzene rings is 1. The number of anilines is 1. The number of rotatable bonds is 7. The second kappa shape index (κ2) is 8.09. The number of hydrogen-bond donors (Lipinski definition) is 2. The molecule has 8 heteroatoms. The van der Waals surface area contributed by atoms with Gasteiger partial charge in [0.1, 0.15) is 0 Å². The van der Waals surface area contributed by atoms with Crippen molar-refractivity contribution in [3.63, 3.8) is 0 Å². The van der Waals surface area contributed by atoms with E-state index in [1.165, 1.54) is 23.1 Å². The molecule has 2 rings (SSSR count). The van der Waals surface area contributed by atoms with Crippen LogP contribution in [0.4, 0.5) is 5.13 Å². The highest BCUT2D eigenvalue weighted by Crippen LogP contribution is 2.32. The zero-order valence-corrected chi connectivity index (χ0v) is 14.4. The largest absolute Gasteiger partial charge is 0.380 e. The first-order valence-electron chi connectivity index (χ1n) is 6.77. The van der Waals surface area contributed by atoms with Crippen LogP contribution in [0.25, 0.3) is 0 Å². The minimum atomic E-state index is -0.385. The summed E-state index contributed by atoms with van der Waals surface area (Å²) >= 11 is 2.65. The van der Waals surface area contributed by atoms with Crippen LogP contribution in [-0.2, 0) is 16.1 Å². The van der Waals surface area contributed by atoms with E-state index in [-0.39, 0.29) is 17.6 Å². The van der Waals surface area contributed by atoms with Gasteiger partial charge < -0.3 is 10.5 Å². The summed E-state index contributed by atoms with van der Waals surface area (Å²) in [5, 5.41) is 3.27. The number of methoxy groups -OCH3 is 1. The first-order chi connectivity index (χ1) is 11.0. The lowest BCUT2D eigenvalue weighted by molar-refractivity contribution is -0.115. The number of nitrogens with two attached hydrogens (primary N) is 1. The van der Waals surface area contributed by atoms with Crippen LogP contribution in [0.15, 0.2) is 28.5 Å². The second-order valence-electron chi connectivity index (χ2n) is 4.73. The second-order valence-corrected chi connectivity index (χ2v) is 6.97. The van der Waals surface area contributed by atoms with Gasteiger partial charge in [-0.1, -0.05) is 23.5 Å². The van der Waals surface area contributed by atoms with Crippen LogP contribution in [0, 0.1) is 6.92 Å². The van der Waals surface area contributed by atoms with Gasteiger partial charge >= 0.3 is 0 Å². The minimum Gasteiger partial charge on any atom is -0.380 e. The lowest BCUT2D eigenvalue weighted by Crippen LogP contribution is -2.12. The Morgan fingerprint density at radius 2 is 2.04 bits per heavy atom. The third-order valence-electron chi connectivity index (χ3n) is 2.85. The molecule has 0 atom stereocenters. The number of primary amides is 1. The molecule has 0 aliphatic rings. The average Bonchev–Trinajstić information content (AvgIpc) is 2.86. The zero-order valence-electron chi connectivity index (χ0n) is 12.8. The van der Waals surface area contributed by atoms with E-state index in [2.05, 4.69) is 10.3 Å². The fraction of sp³-hybridized carbons (Fsp3) is 0.267. The van der Waals surface area contributed by atoms with Gasteiger partial charge in [0, 0.05) is 12.7 Å². The van der Waals surface area contributed by atoms with Crippen molar-refractivity contribution in [3.05, 3.63) is 41.1 Å². The Morgan fingerprint density at radius 1 is 1.35 bits per heavy atom. The van der Waals surface area contributed by atoms with E-state index in [1.807, 2.05) is 19.1 Å². The van der Waals surface area contributed by atoms with Crippen molar-refractivity contribution < 1.29 is 14.3 Å². The Hall–Kier alpha value is -1.90. The Balaban J connectivity index is 2.02. The molecule has 2 amide bonds. The van der Waals surface area contributed by atoms with Crippen molar-refractivity contribution in [2.45, 2.75) is 17.7 Å². The molecule has 0 bridgehead atoms. The molecule has 1 heterocycles. The van der Waals surface area contributed by atoms with Crippen molar-refractivity contribution in [1.82, 2.24) is 4.98 Å². The summed E-state index contributed by atoms with van der Waals surface area (Å²) in [5.74, 6) is -0.420. The van der Waals surface area contributed by atoms with Gasteiger partial charge in [-0.05, 0) is 24.6 Å². The van der Waals surface area contributed by atoms with Gasteiger partial charge in [0.05, 0.1) is 22.3 Å². The summed E-state index contributed by atoms with van der Waals surface area (Å²) < 4.78 is 5.91. The Bertz CT molecular complexity index is 698. The highest BCUT2D eigenvalue weighted by atomic mass is 32.2. The van der Waals surface area contributed by atoms with E-state index in [9.17, 15) is 9.59 Å². The van der Waals surface area contributed by atoms with E-state index in [0.717, 1.165) is 15.5 Å². The quantitative estimate of drug-likeness (QED) is 0.747. The number of thiazole rings is 1. The van der Waals surface area contributed by atoms with E-state index in [1.54, 1.807) is 19.2 Å². The maximum absolute atomic E-state index is 12.2. The highest BCUT2D eigenvalue weighted by molar-refractivity contribution is 8.01. The van der Waals surface area contributed by atoms with Crippen molar-refractivity contribution in [2.75, 3.05) is 18.2 Å². The normalized spacial score (nSPS) is 10.5. The van der Waals surface area contributed by atoms with Gasteiger partial charge in [0.25, 0.3) is 5.91 Å². The maximum Gasteiger partial charge on any atom is 0.257 e. The molecule has 122 valence electrons. The molecule has 0 saturated heterocycles. The maximum atomic E-state index is 12.2. The first-order valence-corrected chi connectivity index (χ1v) is 8.57. The third-order valence-corrected chi connectivity index (χ3v) is 5.30. The van der Waals surface area contributed by atoms with Gasteiger partial charge in [-0.2, -0.15) is 0 Å². The number of ether oxygens (including phenoxy) is 1. The van der Waals surface area contributed by atoms with Crippen LogP contribution >= 0.6 is 23.1 Å². The molecule has 0 spiro atoms. The summed E-state index contributed by atoms with van der Waals surface area (Å²) in [4.78, 5) is 27.3. The molecule has 1 aromatic heterocycles. The minimum absolute atomic E-state index is 0.192. The van der Waals surface area contributed by atoms with Crippen LogP contribution in [-0.4, -0.2) is 29.7 Å². The number of aryl methyl sites for hydroxylation is 1. The number of nitrogens with one attached hydrogen (secondary N) is 1. The molecule has 6 nitrogen and oxygen atoms in total. The Labute approximate surface area is 142 Å². The molecule has 0 unspecified atom stereocenters. The number of hydrogen-bond acceptors (Lipinski definition) is 6. The summed E-state index contributed by atoms with van der Waals surface area (Å²) in [7, 11) is 1.62. The van der Waals surface area contributed by atoms with Crippen LogP contribution < -0.4 is 11.1 Å². The molecule has 23 heavy (non-hydrogen) atoms. The van der Waals surface area contributed by atoms with Crippen molar-refractivity contribution in [1.29, 1.82) is 0 Å². The van der Waals surface area contributed by atoms with Crippen LogP contribution in [0.3, 0.4) is 0 Å². The monoisotopic (exact) mass is 351 g/mol. The molecular formula is C15H17N3O3S2. The highest BCUT2D eigenvalue weighted by Gasteiger charge is 2.13. The van der Waals surface area contributed by atoms with E-state index >= 15 is 0 Å². The molecule has 0 aliphatic carbocycles. The predicted octanol–water partition coefficient (Wildman–Crippen LogP) is 2.43. The van der Waals surface area contributed by atoms with Crippen LogP contribution in [0.5, 0.6) is 0 Å². The summed E-state index contributed by atoms with van der Waals surface area (Å²) in [6, 6.07) is 7.18. The zero-order chi connectivity index (χ0) is 16.8. The van der Waals surface area contributed by atoms with Gasteiger partial charge in [-0.15, -0.1) is 11.8 Å². The Kier molecular flexibility index (Phi) is 6.14. The molecule has 1 aromatic carbocycles. The van der Waals surface area contributed by atoms with E-state index in [4.69, 9.17) is 10.5 Å². The summed E-state index contributed by atoms with van der Waals surface area (Å²) in [6.07, 6.45) is 0. The molecule has 0 aliphatic heterocycles. The average molecular weight is 351 g/mol. The van der Waals surface area contributed by atoms with Gasteiger partial charge in [-0.25, -0.2) is 4.98 Å². The first kappa shape index (κ1) is 17.5. The lowest BCUT2D eigenvalue weighted by Gasteiger charge is -2.03. The molecule has 0 fully saturated rings. The fourth-order valence-electron chi connectivity index (χ4n) is 1.79. The van der Waals surface area contributed by atoms with Crippen molar-refractivity contribution >= 4 is 40.0 Å². The number of nitrogens with zero attached hydrogens (tertiary/aromatic N) is 1. The van der Waals surface area contributed by atoms with Crippen molar-refractivity contribution in [2.24, 2.45) is 5.73 Å². The fourth-order valence-corrected chi connectivity index (χ4v) is 3.67. The number of thioether (sulfide) groups is 1. The SMILES string of the molecule is COCc1ccc(C(=O)Nc2nc(C)c(SCC(N)=O)s2)cc1. The number of amides is 2. The topological polar surface area (TPSA) is 94.3 Å². The number of aromatic nitrogens is 1. The molecule has 3 N–H and O–H groups in total. The summed E-state index contributed by atoms with van der Waals surface area (Å²) in [6.45, 7) is 2.34. The molecule has 2 aromatic rings. The third kappa shape index (κ3) is 5.05. The number of carbonyl (C=O) groups is 2. The molecular weight excluding hydrogens is 334 g/mol. The molecule has 0 radical (unpaired) electrons. The molecule has 0 saturated carbocycles.